The van der Waals surface area contributed by atoms with Crippen LogP contribution in [-0.2, 0) is 24.6 Å². The van der Waals surface area contributed by atoms with Crippen molar-refractivity contribution in [2.75, 3.05) is 6.61 Å². The fourth-order valence-electron chi connectivity index (χ4n) is 2.53. The average Bonchev–Trinajstić information content (AvgIpc) is 2.92. The predicted molar refractivity (Wildman–Crippen MR) is 67.0 cm³/mol. The summed E-state index contributed by atoms with van der Waals surface area (Å²) in [5.74, 6) is -0.464. The highest BCUT2D eigenvalue weighted by molar-refractivity contribution is 5.96. The molecule has 0 saturated heterocycles. The number of esters is 1. The lowest BCUT2D eigenvalue weighted by Gasteiger charge is -2.12. The van der Waals surface area contributed by atoms with Crippen molar-refractivity contribution < 1.29 is 9.53 Å². The number of carbonyl (C=O) groups is 1. The first-order valence-corrected chi connectivity index (χ1v) is 6.16. The molecule has 100 valence electrons. The van der Waals surface area contributed by atoms with Crippen molar-refractivity contribution >= 4 is 5.97 Å². The van der Waals surface area contributed by atoms with E-state index in [0.717, 1.165) is 5.69 Å². The van der Waals surface area contributed by atoms with E-state index in [4.69, 9.17) is 4.74 Å². The van der Waals surface area contributed by atoms with Crippen molar-refractivity contribution in [2.45, 2.75) is 19.8 Å². The molecule has 0 spiro atoms. The molecular weight excluding hydrogens is 248 g/mol. The number of H-pyrrole nitrogens is 2. The molecule has 0 fully saturated rings. The molecule has 0 aromatic carbocycles. The summed E-state index contributed by atoms with van der Waals surface area (Å²) in [6, 6.07) is 0. The molecule has 2 heterocycles. The van der Waals surface area contributed by atoms with Crippen LogP contribution >= 0.6 is 0 Å². The maximum atomic E-state index is 11.9. The van der Waals surface area contributed by atoms with Crippen LogP contribution in [0.5, 0.6) is 0 Å². The number of aromatic nitrogens is 4. The highest BCUT2D eigenvalue weighted by Crippen LogP contribution is 2.33. The Kier molecular flexibility index (Phi) is 2.55. The lowest BCUT2D eigenvalue weighted by molar-refractivity contribution is 0.0519. The van der Waals surface area contributed by atoms with Gasteiger partial charge >= 0.3 is 5.97 Å². The minimum absolute atomic E-state index is 0.140. The molecule has 19 heavy (non-hydrogen) atoms. The van der Waals surface area contributed by atoms with Crippen molar-refractivity contribution in [3.63, 3.8) is 0 Å². The minimum atomic E-state index is -0.464. The Morgan fingerprint density at radius 1 is 1.42 bits per heavy atom. The van der Waals surface area contributed by atoms with Gasteiger partial charge in [-0.1, -0.05) is 0 Å². The number of fused-ring (bicyclic) bond motifs is 3. The number of aryl methyl sites for hydroxylation is 1. The van der Waals surface area contributed by atoms with Crippen LogP contribution in [0.25, 0.3) is 11.3 Å². The Bertz CT molecular complexity index is 707. The number of hydrogen-bond acceptors (Lipinski definition) is 4. The molecular formula is C12H14N4O3. The van der Waals surface area contributed by atoms with E-state index in [1.165, 1.54) is 0 Å². The van der Waals surface area contributed by atoms with E-state index >= 15 is 0 Å². The van der Waals surface area contributed by atoms with E-state index in [1.807, 2.05) is 0 Å². The van der Waals surface area contributed by atoms with Gasteiger partial charge in [0.2, 0.25) is 0 Å². The van der Waals surface area contributed by atoms with Crippen molar-refractivity contribution in [1.29, 1.82) is 0 Å². The van der Waals surface area contributed by atoms with Gasteiger partial charge < -0.3 is 4.74 Å². The zero-order valence-electron chi connectivity index (χ0n) is 10.7. The molecule has 2 aromatic heterocycles. The van der Waals surface area contributed by atoms with E-state index in [9.17, 15) is 9.59 Å². The highest BCUT2D eigenvalue weighted by Gasteiger charge is 2.30. The Morgan fingerprint density at radius 3 is 2.95 bits per heavy atom. The van der Waals surface area contributed by atoms with Crippen LogP contribution in [0, 0.1) is 0 Å². The molecule has 1 aliphatic rings. The van der Waals surface area contributed by atoms with Gasteiger partial charge in [-0.2, -0.15) is 5.10 Å². The molecule has 0 aliphatic heterocycles. The molecule has 0 amide bonds. The molecule has 7 nitrogen and oxygen atoms in total. The molecule has 0 unspecified atom stereocenters. The second kappa shape index (κ2) is 4.11. The highest BCUT2D eigenvalue weighted by atomic mass is 16.5. The Morgan fingerprint density at radius 2 is 2.21 bits per heavy atom. The molecule has 0 bridgehead atoms. The maximum Gasteiger partial charge on any atom is 0.359 e. The third-order valence-electron chi connectivity index (χ3n) is 3.37. The molecule has 3 rings (SSSR count). The van der Waals surface area contributed by atoms with E-state index in [-0.39, 0.29) is 11.3 Å². The molecule has 0 radical (unpaired) electrons. The first kappa shape index (κ1) is 11.8. The summed E-state index contributed by atoms with van der Waals surface area (Å²) >= 11 is 0. The van der Waals surface area contributed by atoms with Gasteiger partial charge in [0.1, 0.15) is 0 Å². The second-order valence-electron chi connectivity index (χ2n) is 4.45. The SMILES string of the molecule is CCOC(=O)c1nn(C)c2c1-c1[nH][nH]c(=O)c1CC2. The van der Waals surface area contributed by atoms with Crippen LogP contribution in [0.2, 0.25) is 0 Å². The van der Waals surface area contributed by atoms with Gasteiger partial charge in [-0.15, -0.1) is 0 Å². The summed E-state index contributed by atoms with van der Waals surface area (Å²) < 4.78 is 6.69. The number of nitrogens with one attached hydrogen (secondary N) is 2. The quantitative estimate of drug-likeness (QED) is 0.765. The third kappa shape index (κ3) is 1.61. The fraction of sp³-hybridized carbons (Fsp3) is 0.417. The molecule has 2 aromatic rings. The standard InChI is InChI=1S/C12H14N4O3/c1-3-19-12(18)10-8-7(16(2)15-10)5-4-6-9(8)13-14-11(6)17/h3-5H2,1-2H3,(H2,13,14,17). The number of hydrogen-bond donors (Lipinski definition) is 2. The van der Waals surface area contributed by atoms with E-state index in [2.05, 4.69) is 15.3 Å². The van der Waals surface area contributed by atoms with E-state index in [1.54, 1.807) is 18.7 Å². The first-order chi connectivity index (χ1) is 9.13. The third-order valence-corrected chi connectivity index (χ3v) is 3.37. The van der Waals surface area contributed by atoms with Crippen molar-refractivity contribution in [3.8, 4) is 11.3 Å². The van der Waals surface area contributed by atoms with Crippen LogP contribution in [0.1, 0.15) is 28.7 Å². The summed E-state index contributed by atoms with van der Waals surface area (Å²) in [5, 5.41) is 9.62. The normalized spacial score (nSPS) is 12.9. The second-order valence-corrected chi connectivity index (χ2v) is 4.45. The summed E-state index contributed by atoms with van der Waals surface area (Å²) in [5.41, 5.74) is 3.06. The van der Waals surface area contributed by atoms with Crippen LogP contribution in [0.15, 0.2) is 4.79 Å². The van der Waals surface area contributed by atoms with Crippen LogP contribution in [0.3, 0.4) is 0 Å². The average molecular weight is 262 g/mol. The lowest BCUT2D eigenvalue weighted by atomic mass is 9.94. The minimum Gasteiger partial charge on any atom is -0.461 e. The number of nitrogens with zero attached hydrogens (tertiary/aromatic N) is 2. The summed E-state index contributed by atoms with van der Waals surface area (Å²) in [7, 11) is 1.79. The molecule has 0 atom stereocenters. The largest absolute Gasteiger partial charge is 0.461 e. The monoisotopic (exact) mass is 262 g/mol. The Balaban J connectivity index is 2.22. The molecule has 0 saturated carbocycles. The van der Waals surface area contributed by atoms with Gasteiger partial charge in [0.25, 0.3) is 5.56 Å². The van der Waals surface area contributed by atoms with Crippen molar-refractivity contribution in [1.82, 2.24) is 20.0 Å². The topological polar surface area (TPSA) is 92.8 Å². The van der Waals surface area contributed by atoms with Gasteiger partial charge in [-0.25, -0.2) is 4.79 Å². The molecule has 2 N–H and O–H groups in total. The van der Waals surface area contributed by atoms with Crippen molar-refractivity contribution in [2.24, 2.45) is 7.05 Å². The van der Waals surface area contributed by atoms with E-state index < -0.39 is 5.97 Å². The number of ether oxygens (including phenoxy) is 1. The zero-order valence-corrected chi connectivity index (χ0v) is 10.7. The van der Waals surface area contributed by atoms with Crippen LogP contribution in [0.4, 0.5) is 0 Å². The smallest absolute Gasteiger partial charge is 0.359 e. The first-order valence-electron chi connectivity index (χ1n) is 6.16. The van der Waals surface area contributed by atoms with Gasteiger partial charge in [-0.05, 0) is 19.8 Å². The number of carbonyl (C=O) groups excluding carboxylic acids is 1. The summed E-state index contributed by atoms with van der Waals surface area (Å²) in [6.45, 7) is 2.04. The molecule has 7 heteroatoms. The Labute approximate surface area is 108 Å². The van der Waals surface area contributed by atoms with Gasteiger partial charge in [-0.3, -0.25) is 19.7 Å². The van der Waals surface area contributed by atoms with Crippen molar-refractivity contribution in [3.05, 3.63) is 27.3 Å². The number of aromatic amines is 2. The Hall–Kier alpha value is -2.31. The van der Waals surface area contributed by atoms with E-state index in [0.29, 0.717) is 36.3 Å². The predicted octanol–water partition coefficient (Wildman–Crippen LogP) is 0.379. The van der Waals surface area contributed by atoms with Crippen LogP contribution < -0.4 is 5.56 Å². The van der Waals surface area contributed by atoms with Gasteiger partial charge in [0, 0.05) is 18.3 Å². The lowest BCUT2D eigenvalue weighted by Crippen LogP contribution is -2.13. The number of rotatable bonds is 2. The maximum absolute atomic E-state index is 11.9. The summed E-state index contributed by atoms with van der Waals surface area (Å²) in [4.78, 5) is 23.6. The zero-order chi connectivity index (χ0) is 13.6. The van der Waals surface area contributed by atoms with Crippen LogP contribution in [-0.4, -0.2) is 32.6 Å². The van der Waals surface area contributed by atoms with Gasteiger partial charge in [0.05, 0.1) is 17.9 Å². The van der Waals surface area contributed by atoms with Gasteiger partial charge in [0.15, 0.2) is 5.69 Å². The fourth-order valence-corrected chi connectivity index (χ4v) is 2.53. The molecule has 1 aliphatic carbocycles. The summed E-state index contributed by atoms with van der Waals surface area (Å²) in [6.07, 6.45) is 1.33.